The third-order valence-corrected chi connectivity index (χ3v) is 1.20. The van der Waals surface area contributed by atoms with Gasteiger partial charge in [-0.3, -0.25) is 0 Å². The number of rotatable bonds is 1. The number of hydrogen-bond acceptors (Lipinski definition) is 2. The molecule has 0 N–H and O–H groups in total. The van der Waals surface area contributed by atoms with Gasteiger partial charge in [0.05, 0.1) is 12.1 Å². The third-order valence-electron chi connectivity index (χ3n) is 1.20. The minimum atomic E-state index is -0.764. The molecule has 2 nitrogen and oxygen atoms in total. The van der Waals surface area contributed by atoms with Crippen LogP contribution in [0.25, 0.3) is 0 Å². The first-order valence-electron chi connectivity index (χ1n) is 2.51. The van der Waals surface area contributed by atoms with Crippen molar-refractivity contribution in [3.63, 3.8) is 0 Å². The lowest BCUT2D eigenvalue weighted by Crippen LogP contribution is -2.07. The fourth-order valence-corrected chi connectivity index (χ4v) is 0.183. The predicted octanol–water partition coefficient (Wildman–Crippen LogP) is 1.45. The van der Waals surface area contributed by atoms with Crippen LogP contribution in [0.2, 0.25) is 0 Å². The maximum atomic E-state index is 8.31. The van der Waals surface area contributed by atoms with Crippen molar-refractivity contribution in [2.45, 2.75) is 20.3 Å². The van der Waals surface area contributed by atoms with Crippen molar-refractivity contribution < 1.29 is 0 Å². The monoisotopic (exact) mass is 108 g/mol. The summed E-state index contributed by atoms with van der Waals surface area (Å²) in [6.07, 6.45) is 0.597. The lowest BCUT2D eigenvalue weighted by Gasteiger charge is -2.04. The van der Waals surface area contributed by atoms with Crippen molar-refractivity contribution in [2.24, 2.45) is 5.41 Å². The second-order valence-electron chi connectivity index (χ2n) is 1.91. The van der Waals surface area contributed by atoms with E-state index in [0.717, 1.165) is 0 Å². The highest BCUT2D eigenvalue weighted by molar-refractivity contribution is 5.09. The Bertz CT molecular complexity index is 133. The zero-order chi connectivity index (χ0) is 6.62. The highest BCUT2D eigenvalue weighted by atomic mass is 14.4. The zero-order valence-electron chi connectivity index (χ0n) is 5.10. The van der Waals surface area contributed by atoms with Crippen LogP contribution >= 0.6 is 0 Å². The molecule has 0 bridgehead atoms. The predicted molar refractivity (Wildman–Crippen MR) is 29.6 cm³/mol. The van der Waals surface area contributed by atoms with Crippen LogP contribution < -0.4 is 0 Å². The van der Waals surface area contributed by atoms with E-state index in [0.29, 0.717) is 6.42 Å². The Hall–Kier alpha value is -1.02. The third kappa shape index (κ3) is 1.24. The summed E-state index contributed by atoms with van der Waals surface area (Å²) in [6.45, 7) is 3.46. The van der Waals surface area contributed by atoms with E-state index in [1.165, 1.54) is 0 Å². The Balaban J connectivity index is 4.11. The van der Waals surface area contributed by atoms with Gasteiger partial charge in [0.25, 0.3) is 0 Å². The van der Waals surface area contributed by atoms with Gasteiger partial charge in [-0.1, -0.05) is 6.92 Å². The standard InChI is InChI=1S/C6H8N2/c1-3-6(2,4-7)5-8/h3H2,1-2H3. The molecule has 0 amide bonds. The molecule has 0 unspecified atom stereocenters. The molecule has 2 heteroatoms. The Kier molecular flexibility index (Phi) is 2.03. The second kappa shape index (κ2) is 2.33. The largest absolute Gasteiger partial charge is 0.197 e. The van der Waals surface area contributed by atoms with Gasteiger partial charge in [0.1, 0.15) is 5.41 Å². The van der Waals surface area contributed by atoms with E-state index >= 15 is 0 Å². The van der Waals surface area contributed by atoms with Crippen LogP contribution in [0, 0.1) is 28.1 Å². The summed E-state index contributed by atoms with van der Waals surface area (Å²) in [7, 11) is 0. The summed E-state index contributed by atoms with van der Waals surface area (Å²) in [5.74, 6) is 0. The summed E-state index contributed by atoms with van der Waals surface area (Å²) in [6, 6.07) is 3.83. The molecule has 0 aromatic rings. The molecule has 0 saturated carbocycles. The van der Waals surface area contributed by atoms with Crippen molar-refractivity contribution in [2.75, 3.05) is 0 Å². The second-order valence-corrected chi connectivity index (χ2v) is 1.91. The van der Waals surface area contributed by atoms with E-state index in [9.17, 15) is 0 Å². The Morgan fingerprint density at radius 2 is 1.75 bits per heavy atom. The minimum absolute atomic E-state index is 0.597. The van der Waals surface area contributed by atoms with Crippen LogP contribution in [0.4, 0.5) is 0 Å². The lowest BCUT2D eigenvalue weighted by molar-refractivity contribution is 0.561. The normalized spacial score (nSPS) is 9.50. The number of nitriles is 2. The summed E-state index contributed by atoms with van der Waals surface area (Å²) in [4.78, 5) is 0. The molecular formula is C6H8N2. The molecule has 0 fully saturated rings. The maximum Gasteiger partial charge on any atom is 0.140 e. The molecule has 0 spiro atoms. The fourth-order valence-electron chi connectivity index (χ4n) is 0.183. The average Bonchev–Trinajstić information content (AvgIpc) is 1.87. The fraction of sp³-hybridized carbons (Fsp3) is 0.667. The number of nitrogens with zero attached hydrogens (tertiary/aromatic N) is 2. The van der Waals surface area contributed by atoms with Crippen molar-refractivity contribution in [3.05, 3.63) is 0 Å². The Morgan fingerprint density at radius 1 is 1.38 bits per heavy atom. The quantitative estimate of drug-likeness (QED) is 0.510. The highest BCUT2D eigenvalue weighted by Crippen LogP contribution is 2.16. The first kappa shape index (κ1) is 6.98. The van der Waals surface area contributed by atoms with Gasteiger partial charge in [0.2, 0.25) is 0 Å². The molecule has 0 atom stereocenters. The van der Waals surface area contributed by atoms with E-state index in [1.54, 1.807) is 6.92 Å². The van der Waals surface area contributed by atoms with Crippen LogP contribution in [0.15, 0.2) is 0 Å². The van der Waals surface area contributed by atoms with E-state index < -0.39 is 5.41 Å². The van der Waals surface area contributed by atoms with Crippen LogP contribution in [-0.4, -0.2) is 0 Å². The molecule has 0 rings (SSSR count). The van der Waals surface area contributed by atoms with E-state index in [4.69, 9.17) is 10.5 Å². The summed E-state index contributed by atoms with van der Waals surface area (Å²) in [5.41, 5.74) is -0.764. The van der Waals surface area contributed by atoms with Gasteiger partial charge in [-0.15, -0.1) is 0 Å². The Morgan fingerprint density at radius 3 is 1.75 bits per heavy atom. The molecule has 0 aliphatic heterocycles. The minimum Gasteiger partial charge on any atom is -0.197 e. The molecule has 0 saturated heterocycles. The SMILES string of the molecule is CCC(C)(C#N)C#N. The highest BCUT2D eigenvalue weighted by Gasteiger charge is 2.18. The molecular weight excluding hydrogens is 100 g/mol. The van der Waals surface area contributed by atoms with E-state index in [1.807, 2.05) is 19.1 Å². The van der Waals surface area contributed by atoms with Crippen molar-refractivity contribution >= 4 is 0 Å². The molecule has 0 heterocycles. The Labute approximate surface area is 49.3 Å². The maximum absolute atomic E-state index is 8.31. The van der Waals surface area contributed by atoms with Crippen LogP contribution in [-0.2, 0) is 0 Å². The van der Waals surface area contributed by atoms with E-state index in [-0.39, 0.29) is 0 Å². The van der Waals surface area contributed by atoms with Crippen LogP contribution in [0.3, 0.4) is 0 Å². The van der Waals surface area contributed by atoms with Crippen LogP contribution in [0.1, 0.15) is 20.3 Å². The molecule has 42 valence electrons. The smallest absolute Gasteiger partial charge is 0.140 e. The molecule has 0 aliphatic carbocycles. The zero-order valence-corrected chi connectivity index (χ0v) is 5.10. The van der Waals surface area contributed by atoms with Gasteiger partial charge in [-0.05, 0) is 13.3 Å². The van der Waals surface area contributed by atoms with Gasteiger partial charge in [-0.2, -0.15) is 10.5 Å². The van der Waals surface area contributed by atoms with Crippen molar-refractivity contribution in [1.82, 2.24) is 0 Å². The number of hydrogen-bond donors (Lipinski definition) is 0. The average molecular weight is 108 g/mol. The molecule has 8 heavy (non-hydrogen) atoms. The van der Waals surface area contributed by atoms with Crippen molar-refractivity contribution in [1.29, 1.82) is 10.5 Å². The molecule has 0 aromatic heterocycles. The molecule has 0 radical (unpaired) electrons. The van der Waals surface area contributed by atoms with Gasteiger partial charge < -0.3 is 0 Å². The molecule has 0 aliphatic rings. The first-order chi connectivity index (χ1) is 3.68. The van der Waals surface area contributed by atoms with Gasteiger partial charge in [0.15, 0.2) is 0 Å². The summed E-state index contributed by atoms with van der Waals surface area (Å²) >= 11 is 0. The van der Waals surface area contributed by atoms with Crippen molar-refractivity contribution in [3.8, 4) is 12.1 Å². The van der Waals surface area contributed by atoms with Gasteiger partial charge in [-0.25, -0.2) is 0 Å². The van der Waals surface area contributed by atoms with Crippen LogP contribution in [0.5, 0.6) is 0 Å². The van der Waals surface area contributed by atoms with E-state index in [2.05, 4.69) is 0 Å². The topological polar surface area (TPSA) is 47.6 Å². The summed E-state index contributed by atoms with van der Waals surface area (Å²) < 4.78 is 0. The van der Waals surface area contributed by atoms with Gasteiger partial charge >= 0.3 is 0 Å². The lowest BCUT2D eigenvalue weighted by atomic mass is 9.92. The first-order valence-corrected chi connectivity index (χ1v) is 2.51. The molecule has 0 aromatic carbocycles. The van der Waals surface area contributed by atoms with Gasteiger partial charge in [0, 0.05) is 0 Å². The summed E-state index contributed by atoms with van der Waals surface area (Å²) in [5, 5.41) is 16.6.